The van der Waals surface area contributed by atoms with Gasteiger partial charge in [-0.1, -0.05) is 13.8 Å². The van der Waals surface area contributed by atoms with Crippen molar-refractivity contribution in [1.29, 1.82) is 0 Å². The van der Waals surface area contributed by atoms with Gasteiger partial charge < -0.3 is 10.0 Å². The lowest BCUT2D eigenvalue weighted by Gasteiger charge is -2.32. The number of aryl methyl sites for hydroxylation is 1. The first-order valence-corrected chi connectivity index (χ1v) is 7.23. The summed E-state index contributed by atoms with van der Waals surface area (Å²) in [6, 6.07) is 0. The monoisotopic (exact) mass is 277 g/mol. The van der Waals surface area contributed by atoms with E-state index in [1.54, 1.807) is 0 Å². The largest absolute Gasteiger partial charge is 0.481 e. The molecule has 2 rings (SSSR count). The lowest BCUT2D eigenvalue weighted by molar-refractivity contribution is -0.142. The fourth-order valence-corrected chi connectivity index (χ4v) is 2.54. The highest BCUT2D eigenvalue weighted by Gasteiger charge is 2.26. The molecule has 0 bridgehead atoms. The number of aromatic nitrogens is 2. The van der Waals surface area contributed by atoms with Crippen LogP contribution in [0.2, 0.25) is 0 Å². The van der Waals surface area contributed by atoms with Gasteiger partial charge in [0.1, 0.15) is 11.6 Å². The van der Waals surface area contributed by atoms with Crippen molar-refractivity contribution in [3.05, 3.63) is 17.1 Å². The van der Waals surface area contributed by atoms with Crippen LogP contribution in [0, 0.1) is 19.8 Å². The number of hydrogen-bond donors (Lipinski definition) is 1. The predicted molar refractivity (Wildman–Crippen MR) is 78.2 cm³/mol. The number of rotatable bonds is 3. The van der Waals surface area contributed by atoms with Gasteiger partial charge in [0.2, 0.25) is 0 Å². The van der Waals surface area contributed by atoms with Gasteiger partial charge in [-0.05, 0) is 26.7 Å². The maximum atomic E-state index is 11.0. The van der Waals surface area contributed by atoms with Gasteiger partial charge in [0.05, 0.1) is 5.92 Å². The molecule has 5 heteroatoms. The van der Waals surface area contributed by atoms with Gasteiger partial charge in [-0.25, -0.2) is 9.97 Å². The summed E-state index contributed by atoms with van der Waals surface area (Å²) in [6.45, 7) is 9.74. The van der Waals surface area contributed by atoms with E-state index < -0.39 is 5.97 Å². The lowest BCUT2D eigenvalue weighted by atomic mass is 9.97. The predicted octanol–water partition coefficient (Wildman–Crippen LogP) is 2.52. The Balaban J connectivity index is 2.23. The highest BCUT2D eigenvalue weighted by Crippen LogP contribution is 2.27. The molecule has 1 aromatic heterocycles. The molecule has 1 saturated heterocycles. The Morgan fingerprint density at radius 1 is 1.25 bits per heavy atom. The third-order valence-corrected chi connectivity index (χ3v) is 4.04. The standard InChI is InChI=1S/C15H23N3O2/c1-9(2)13-16-11(4)10(3)14(17-13)18-7-5-12(6-8-18)15(19)20/h9,12H,5-8H2,1-4H3,(H,19,20). The smallest absolute Gasteiger partial charge is 0.306 e. The van der Waals surface area contributed by atoms with Gasteiger partial charge >= 0.3 is 5.97 Å². The van der Waals surface area contributed by atoms with Gasteiger partial charge in [-0.15, -0.1) is 0 Å². The summed E-state index contributed by atoms with van der Waals surface area (Å²) < 4.78 is 0. The minimum Gasteiger partial charge on any atom is -0.481 e. The van der Waals surface area contributed by atoms with Gasteiger partial charge in [-0.2, -0.15) is 0 Å². The van der Waals surface area contributed by atoms with Crippen LogP contribution in [-0.2, 0) is 4.79 Å². The first kappa shape index (κ1) is 14.8. The van der Waals surface area contributed by atoms with Crippen molar-refractivity contribution in [1.82, 2.24) is 9.97 Å². The molecule has 1 aliphatic heterocycles. The highest BCUT2D eigenvalue weighted by molar-refractivity contribution is 5.70. The van der Waals surface area contributed by atoms with E-state index in [4.69, 9.17) is 10.1 Å². The average Bonchev–Trinajstić information content (AvgIpc) is 2.41. The fourth-order valence-electron chi connectivity index (χ4n) is 2.54. The summed E-state index contributed by atoms with van der Waals surface area (Å²) in [5.41, 5.74) is 2.11. The van der Waals surface area contributed by atoms with E-state index in [9.17, 15) is 4.79 Å². The molecule has 0 aliphatic carbocycles. The van der Waals surface area contributed by atoms with Gasteiger partial charge in [-0.3, -0.25) is 4.79 Å². The van der Waals surface area contributed by atoms with Gasteiger partial charge in [0, 0.05) is 30.3 Å². The van der Waals surface area contributed by atoms with E-state index in [-0.39, 0.29) is 5.92 Å². The van der Waals surface area contributed by atoms with E-state index in [1.807, 2.05) is 13.8 Å². The van der Waals surface area contributed by atoms with Crippen molar-refractivity contribution in [2.24, 2.45) is 5.92 Å². The van der Waals surface area contributed by atoms with E-state index in [0.29, 0.717) is 18.8 Å². The second-order valence-corrected chi connectivity index (χ2v) is 5.87. The molecule has 1 fully saturated rings. The number of carboxylic acids is 1. The highest BCUT2D eigenvalue weighted by atomic mass is 16.4. The molecule has 0 saturated carbocycles. The third kappa shape index (κ3) is 2.92. The molecule has 5 nitrogen and oxygen atoms in total. The van der Waals surface area contributed by atoms with E-state index >= 15 is 0 Å². The lowest BCUT2D eigenvalue weighted by Crippen LogP contribution is -2.37. The Morgan fingerprint density at radius 2 is 1.85 bits per heavy atom. The van der Waals surface area contributed by atoms with Crippen LogP contribution in [0.25, 0.3) is 0 Å². The van der Waals surface area contributed by atoms with Crippen molar-refractivity contribution in [3.8, 4) is 0 Å². The van der Waals surface area contributed by atoms with Crippen molar-refractivity contribution >= 4 is 11.8 Å². The minimum atomic E-state index is -0.678. The molecule has 0 amide bonds. The summed E-state index contributed by atoms with van der Waals surface area (Å²) in [5.74, 6) is 1.25. The van der Waals surface area contributed by atoms with Crippen LogP contribution >= 0.6 is 0 Å². The Labute approximate surface area is 120 Å². The zero-order valence-electron chi connectivity index (χ0n) is 12.7. The minimum absolute atomic E-state index is 0.209. The first-order chi connectivity index (χ1) is 9.40. The quantitative estimate of drug-likeness (QED) is 0.919. The number of aliphatic carboxylic acids is 1. The van der Waals surface area contributed by atoms with E-state index in [2.05, 4.69) is 23.7 Å². The van der Waals surface area contributed by atoms with Crippen LogP contribution in [0.1, 0.15) is 49.7 Å². The van der Waals surface area contributed by atoms with Crippen LogP contribution in [0.3, 0.4) is 0 Å². The van der Waals surface area contributed by atoms with Crippen molar-refractivity contribution in [2.75, 3.05) is 18.0 Å². The van der Waals surface area contributed by atoms with Crippen LogP contribution in [0.15, 0.2) is 0 Å². The maximum Gasteiger partial charge on any atom is 0.306 e. The SMILES string of the molecule is Cc1nc(C(C)C)nc(N2CCC(C(=O)O)CC2)c1C. The number of hydrogen-bond acceptors (Lipinski definition) is 4. The first-order valence-electron chi connectivity index (χ1n) is 7.23. The molecule has 20 heavy (non-hydrogen) atoms. The number of carbonyl (C=O) groups is 1. The Bertz CT molecular complexity index is 506. The fraction of sp³-hybridized carbons (Fsp3) is 0.667. The summed E-state index contributed by atoms with van der Waals surface area (Å²) in [7, 11) is 0. The molecule has 0 spiro atoms. The number of anilines is 1. The topological polar surface area (TPSA) is 66.3 Å². The molecule has 1 aromatic rings. The Kier molecular flexibility index (Phi) is 4.26. The molecule has 0 radical (unpaired) electrons. The summed E-state index contributed by atoms with van der Waals surface area (Å²) in [6.07, 6.45) is 1.38. The maximum absolute atomic E-state index is 11.0. The normalized spacial score (nSPS) is 16.8. The Morgan fingerprint density at radius 3 is 2.35 bits per heavy atom. The van der Waals surface area contributed by atoms with Gasteiger partial charge in [0.25, 0.3) is 0 Å². The zero-order valence-corrected chi connectivity index (χ0v) is 12.7. The molecular formula is C15H23N3O2. The van der Waals surface area contributed by atoms with Crippen LogP contribution in [0.4, 0.5) is 5.82 Å². The summed E-state index contributed by atoms with van der Waals surface area (Å²) >= 11 is 0. The van der Waals surface area contributed by atoms with Crippen LogP contribution < -0.4 is 4.90 Å². The van der Waals surface area contributed by atoms with E-state index in [0.717, 1.165) is 36.0 Å². The third-order valence-electron chi connectivity index (χ3n) is 4.04. The molecule has 1 N–H and O–H groups in total. The molecule has 1 aliphatic rings. The second-order valence-electron chi connectivity index (χ2n) is 5.87. The summed E-state index contributed by atoms with van der Waals surface area (Å²) in [5, 5.41) is 9.07. The molecule has 0 aromatic carbocycles. The number of carboxylic acid groups (broad SMARTS) is 1. The van der Waals surface area contributed by atoms with Crippen molar-refractivity contribution in [2.45, 2.75) is 46.5 Å². The Hall–Kier alpha value is -1.65. The van der Waals surface area contributed by atoms with E-state index in [1.165, 1.54) is 0 Å². The van der Waals surface area contributed by atoms with Crippen molar-refractivity contribution < 1.29 is 9.90 Å². The summed E-state index contributed by atoms with van der Waals surface area (Å²) in [4.78, 5) is 22.5. The number of nitrogens with zero attached hydrogens (tertiary/aromatic N) is 3. The van der Waals surface area contributed by atoms with Crippen LogP contribution in [-0.4, -0.2) is 34.1 Å². The average molecular weight is 277 g/mol. The van der Waals surface area contributed by atoms with Crippen molar-refractivity contribution in [3.63, 3.8) is 0 Å². The van der Waals surface area contributed by atoms with Crippen LogP contribution in [0.5, 0.6) is 0 Å². The molecule has 2 heterocycles. The molecular weight excluding hydrogens is 254 g/mol. The number of piperidine rings is 1. The second kappa shape index (κ2) is 5.77. The zero-order chi connectivity index (χ0) is 14.9. The van der Waals surface area contributed by atoms with Gasteiger partial charge in [0.15, 0.2) is 0 Å². The molecule has 0 unspecified atom stereocenters. The molecule has 0 atom stereocenters. The molecule has 110 valence electrons.